The molecule has 0 radical (unpaired) electrons. The molecule has 0 bridgehead atoms. The van der Waals surface area contributed by atoms with E-state index in [2.05, 4.69) is 21.6 Å². The fourth-order valence-electron chi connectivity index (χ4n) is 4.45. The average molecular weight is 479 g/mol. The van der Waals surface area contributed by atoms with E-state index in [-0.39, 0.29) is 25.7 Å². The Morgan fingerprint density at radius 2 is 1.78 bits per heavy atom. The van der Waals surface area contributed by atoms with Crippen molar-refractivity contribution in [2.45, 2.75) is 62.4 Å². The number of ether oxygens (including phenoxy) is 2. The number of sulfonamides is 1. The zero-order valence-corrected chi connectivity index (χ0v) is 18.7. The van der Waals surface area contributed by atoms with Crippen LogP contribution in [-0.4, -0.2) is 69.8 Å². The number of likely N-dealkylation sites (tertiary alicyclic amines) is 1. The molecule has 1 aromatic rings. The minimum atomic E-state index is -4.64. The first-order valence-electron chi connectivity index (χ1n) is 10.7. The molecule has 1 aromatic carbocycles. The highest BCUT2D eigenvalue weighted by Crippen LogP contribution is 2.34. The molecule has 3 rings (SSSR count). The van der Waals surface area contributed by atoms with Gasteiger partial charge in [-0.3, -0.25) is 0 Å². The maximum Gasteiger partial charge on any atom is 0.422 e. The van der Waals surface area contributed by atoms with Gasteiger partial charge in [0, 0.05) is 12.6 Å². The van der Waals surface area contributed by atoms with E-state index < -0.39 is 41.0 Å². The predicted molar refractivity (Wildman–Crippen MR) is 112 cm³/mol. The molecule has 11 heteroatoms. The van der Waals surface area contributed by atoms with E-state index >= 15 is 0 Å². The first kappa shape index (κ1) is 24.8. The predicted octanol–water partition coefficient (Wildman–Crippen LogP) is 3.42. The van der Waals surface area contributed by atoms with Crippen LogP contribution in [-0.2, 0) is 19.5 Å². The molecule has 0 unspecified atom stereocenters. The Morgan fingerprint density at radius 1 is 1.12 bits per heavy atom. The third-order valence-corrected chi connectivity index (χ3v) is 6.68. The van der Waals surface area contributed by atoms with E-state index in [1.54, 1.807) is 0 Å². The molecule has 1 aliphatic carbocycles. The van der Waals surface area contributed by atoms with Crippen LogP contribution < -0.4 is 4.72 Å². The van der Waals surface area contributed by atoms with E-state index in [9.17, 15) is 26.4 Å². The van der Waals surface area contributed by atoms with Gasteiger partial charge in [-0.05, 0) is 43.6 Å². The number of alkyl halides is 3. The molecule has 1 amide bonds. The third kappa shape index (κ3) is 7.35. The molecule has 7 nitrogen and oxygen atoms in total. The van der Waals surface area contributed by atoms with Crippen molar-refractivity contribution in [3.05, 3.63) is 35.9 Å². The zero-order chi connectivity index (χ0) is 23.4. The van der Waals surface area contributed by atoms with Crippen molar-refractivity contribution < 1.29 is 35.9 Å². The number of carbonyl (C=O) groups is 1. The molecule has 1 saturated carbocycles. The molecular formula is C21H29F3N2O5S. The zero-order valence-electron chi connectivity index (χ0n) is 17.9. The number of rotatable bonds is 7. The quantitative estimate of drug-likeness (QED) is 0.649. The second kappa shape index (κ2) is 10.4. The summed E-state index contributed by atoms with van der Waals surface area (Å²) >= 11 is 0. The Balaban J connectivity index is 1.57. The minimum Gasteiger partial charge on any atom is -0.440 e. The van der Waals surface area contributed by atoms with Crippen LogP contribution in [0.1, 0.15) is 43.6 Å². The van der Waals surface area contributed by atoms with E-state index in [1.807, 2.05) is 18.2 Å². The van der Waals surface area contributed by atoms with Crippen LogP contribution in [0, 0.1) is 0 Å². The van der Waals surface area contributed by atoms with Gasteiger partial charge in [-0.2, -0.15) is 13.2 Å². The van der Waals surface area contributed by atoms with Gasteiger partial charge in [0.05, 0.1) is 25.0 Å². The number of hydrogen-bond acceptors (Lipinski definition) is 5. The van der Waals surface area contributed by atoms with E-state index in [0.717, 1.165) is 36.8 Å². The van der Waals surface area contributed by atoms with Gasteiger partial charge >= 0.3 is 12.3 Å². The molecule has 2 atom stereocenters. The summed E-state index contributed by atoms with van der Waals surface area (Å²) in [5, 5.41) is 0. The Hall–Kier alpha value is -1.85. The van der Waals surface area contributed by atoms with Crippen molar-refractivity contribution in [3.63, 3.8) is 0 Å². The number of hydrogen-bond donors (Lipinski definition) is 1. The summed E-state index contributed by atoms with van der Waals surface area (Å²) in [6, 6.07) is 8.83. The number of amides is 1. The number of nitrogens with one attached hydrogen (secondary N) is 1. The third-order valence-electron chi connectivity index (χ3n) is 5.95. The van der Waals surface area contributed by atoms with Gasteiger partial charge < -0.3 is 14.4 Å². The van der Waals surface area contributed by atoms with Crippen LogP contribution in [0.2, 0.25) is 0 Å². The molecule has 32 heavy (non-hydrogen) atoms. The summed E-state index contributed by atoms with van der Waals surface area (Å²) in [6.07, 6.45) is -1.02. The molecule has 180 valence electrons. The molecular weight excluding hydrogens is 449 g/mol. The molecule has 2 fully saturated rings. The molecule has 2 aliphatic rings. The second-order valence-corrected chi connectivity index (χ2v) is 10.2. The Labute approximate surface area is 186 Å². The Kier molecular flexibility index (Phi) is 8.05. The summed E-state index contributed by atoms with van der Waals surface area (Å²) in [7, 11) is -3.57. The van der Waals surface area contributed by atoms with Crippen molar-refractivity contribution in [3.8, 4) is 0 Å². The van der Waals surface area contributed by atoms with Gasteiger partial charge in [0.1, 0.15) is 0 Å². The number of nitrogens with zero attached hydrogens (tertiary/aromatic N) is 1. The normalized spacial score (nSPS) is 26.8. The van der Waals surface area contributed by atoms with Gasteiger partial charge in [0.25, 0.3) is 0 Å². The lowest BCUT2D eigenvalue weighted by Crippen LogP contribution is -2.50. The monoisotopic (exact) mass is 478 g/mol. The van der Waals surface area contributed by atoms with Gasteiger partial charge in [-0.1, -0.05) is 30.3 Å². The van der Waals surface area contributed by atoms with Gasteiger partial charge in [-0.15, -0.1) is 0 Å². The van der Waals surface area contributed by atoms with Crippen molar-refractivity contribution in [1.29, 1.82) is 0 Å². The van der Waals surface area contributed by atoms with Crippen molar-refractivity contribution >= 4 is 16.1 Å². The van der Waals surface area contributed by atoms with Crippen LogP contribution in [0.5, 0.6) is 0 Å². The van der Waals surface area contributed by atoms with Crippen LogP contribution in [0.15, 0.2) is 30.3 Å². The van der Waals surface area contributed by atoms with Crippen LogP contribution >= 0.6 is 0 Å². The van der Waals surface area contributed by atoms with E-state index in [4.69, 9.17) is 4.74 Å². The highest BCUT2D eigenvalue weighted by atomic mass is 32.2. The average Bonchev–Trinajstić information content (AvgIpc) is 3.11. The summed E-state index contributed by atoms with van der Waals surface area (Å²) < 4.78 is 73.6. The SMILES string of the molecule is CS(=O)(=O)N[C@H]1CCN(C(=O)OCC(F)(F)F)[C@H]1CO[C@H]1CC[C@@H](c2ccccc2)CC1. The smallest absolute Gasteiger partial charge is 0.422 e. The number of carbonyl (C=O) groups excluding carboxylic acids is 1. The lowest BCUT2D eigenvalue weighted by molar-refractivity contribution is -0.162. The summed E-state index contributed by atoms with van der Waals surface area (Å²) in [6.45, 7) is -1.59. The summed E-state index contributed by atoms with van der Waals surface area (Å²) in [5.41, 5.74) is 1.29. The van der Waals surface area contributed by atoms with Crippen LogP contribution in [0.4, 0.5) is 18.0 Å². The highest BCUT2D eigenvalue weighted by Gasteiger charge is 2.41. The molecule has 1 heterocycles. The molecule has 0 aromatic heterocycles. The Morgan fingerprint density at radius 3 is 2.38 bits per heavy atom. The molecule has 1 saturated heterocycles. The maximum absolute atomic E-state index is 12.4. The summed E-state index contributed by atoms with van der Waals surface area (Å²) in [5.74, 6) is 0.455. The summed E-state index contributed by atoms with van der Waals surface area (Å²) in [4.78, 5) is 13.4. The highest BCUT2D eigenvalue weighted by molar-refractivity contribution is 7.88. The fourth-order valence-corrected chi connectivity index (χ4v) is 5.27. The van der Waals surface area contributed by atoms with E-state index in [0.29, 0.717) is 5.92 Å². The minimum absolute atomic E-state index is 0.0228. The van der Waals surface area contributed by atoms with E-state index in [1.165, 1.54) is 5.56 Å². The standard InChI is InChI=1S/C21H29F3N2O5S/c1-32(28,29)25-18-11-12-26(20(27)31-14-21(22,23)24)19(18)13-30-17-9-7-16(8-10-17)15-5-3-2-4-6-15/h2-6,16-19,25H,7-14H2,1H3/t16-,17+,18-,19-/m0/s1. The van der Waals surface area contributed by atoms with Gasteiger partial charge in [-0.25, -0.2) is 17.9 Å². The van der Waals surface area contributed by atoms with Crippen molar-refractivity contribution in [2.24, 2.45) is 0 Å². The molecule has 1 N–H and O–H groups in total. The van der Waals surface area contributed by atoms with Crippen molar-refractivity contribution in [2.75, 3.05) is 26.0 Å². The molecule has 1 aliphatic heterocycles. The maximum atomic E-state index is 12.4. The number of benzene rings is 1. The number of halogens is 3. The first-order chi connectivity index (χ1) is 15.0. The van der Waals surface area contributed by atoms with Crippen LogP contribution in [0.3, 0.4) is 0 Å². The fraction of sp³-hybridized carbons (Fsp3) is 0.667. The van der Waals surface area contributed by atoms with Crippen LogP contribution in [0.25, 0.3) is 0 Å². The topological polar surface area (TPSA) is 84.9 Å². The first-order valence-corrected chi connectivity index (χ1v) is 12.5. The Bertz CT molecular complexity index is 858. The van der Waals surface area contributed by atoms with Crippen molar-refractivity contribution in [1.82, 2.24) is 9.62 Å². The molecule has 0 spiro atoms. The largest absolute Gasteiger partial charge is 0.440 e. The van der Waals surface area contributed by atoms with Gasteiger partial charge in [0.2, 0.25) is 10.0 Å². The van der Waals surface area contributed by atoms with Gasteiger partial charge in [0.15, 0.2) is 6.61 Å². The lowest BCUT2D eigenvalue weighted by atomic mass is 9.83. The second-order valence-electron chi connectivity index (χ2n) is 8.43. The lowest BCUT2D eigenvalue weighted by Gasteiger charge is -2.32.